The number of benzene rings is 1. The highest BCUT2D eigenvalue weighted by atomic mass is 19.1. The number of halogens is 1. The number of likely N-dealkylation sites (N-methyl/N-ethyl adjacent to an activating group) is 1. The van der Waals surface area contributed by atoms with E-state index in [1.165, 1.54) is 12.1 Å². The van der Waals surface area contributed by atoms with Crippen LogP contribution in [-0.4, -0.2) is 47.2 Å². The van der Waals surface area contributed by atoms with E-state index in [9.17, 15) is 9.18 Å². The Kier molecular flexibility index (Phi) is 3.71. The third-order valence-corrected chi connectivity index (χ3v) is 6.05. The predicted octanol–water partition coefficient (Wildman–Crippen LogP) is 2.69. The molecule has 4 nitrogen and oxygen atoms in total. The zero-order valence-corrected chi connectivity index (χ0v) is 14.3. The number of hydrogen-bond donors (Lipinski definition) is 0. The number of amidine groups is 1. The van der Waals surface area contributed by atoms with E-state index in [-0.39, 0.29) is 11.7 Å². The first-order chi connectivity index (χ1) is 11.5. The number of fused-ring (bicyclic) bond motifs is 2. The van der Waals surface area contributed by atoms with Gasteiger partial charge in [0.1, 0.15) is 17.2 Å². The zero-order valence-electron chi connectivity index (χ0n) is 14.3. The third-order valence-electron chi connectivity index (χ3n) is 6.05. The Morgan fingerprint density at radius 1 is 1.29 bits per heavy atom. The number of carbonyl (C=O) groups excluding carboxylic acids is 1. The van der Waals surface area contributed by atoms with Crippen LogP contribution in [0, 0.1) is 17.7 Å². The highest BCUT2D eigenvalue weighted by molar-refractivity contribution is 6.08. The average molecular weight is 329 g/mol. The maximum atomic E-state index is 13.1. The molecule has 1 aromatic carbocycles. The molecule has 1 amide bonds. The molecular formula is C19H24FN3O. The quantitative estimate of drug-likeness (QED) is 0.855. The summed E-state index contributed by atoms with van der Waals surface area (Å²) in [5.41, 5.74) is 0.612. The largest absolute Gasteiger partial charge is 0.302 e. The smallest absolute Gasteiger partial charge is 0.255 e. The Labute approximate surface area is 142 Å². The molecule has 0 radical (unpaired) electrons. The lowest BCUT2D eigenvalue weighted by atomic mass is 9.85. The lowest BCUT2D eigenvalue weighted by Crippen LogP contribution is -2.45. The topological polar surface area (TPSA) is 35.9 Å². The molecule has 1 saturated carbocycles. The summed E-state index contributed by atoms with van der Waals surface area (Å²) < 4.78 is 13.1. The van der Waals surface area contributed by atoms with Crippen molar-refractivity contribution in [2.75, 3.05) is 20.1 Å². The number of nitrogens with zero attached hydrogens (tertiary/aromatic N) is 3. The van der Waals surface area contributed by atoms with Crippen molar-refractivity contribution in [3.8, 4) is 0 Å². The highest BCUT2D eigenvalue weighted by Crippen LogP contribution is 2.50. The van der Waals surface area contributed by atoms with Crippen molar-refractivity contribution < 1.29 is 9.18 Å². The second-order valence-corrected chi connectivity index (χ2v) is 7.40. The maximum absolute atomic E-state index is 13.1. The van der Waals surface area contributed by atoms with Gasteiger partial charge in [0.25, 0.3) is 5.91 Å². The molecule has 0 N–H and O–H groups in total. The molecule has 5 heteroatoms. The molecule has 1 saturated heterocycles. The minimum absolute atomic E-state index is 0.190. The molecular weight excluding hydrogens is 305 g/mol. The molecule has 0 bridgehead atoms. The van der Waals surface area contributed by atoms with E-state index in [0.717, 1.165) is 50.3 Å². The molecule has 128 valence electrons. The van der Waals surface area contributed by atoms with Gasteiger partial charge < -0.3 is 4.90 Å². The third kappa shape index (κ3) is 2.29. The first kappa shape index (κ1) is 15.8. The van der Waals surface area contributed by atoms with Crippen molar-refractivity contribution in [2.24, 2.45) is 16.8 Å². The molecule has 4 rings (SSSR count). The van der Waals surface area contributed by atoms with Crippen molar-refractivity contribution in [3.63, 3.8) is 0 Å². The number of amides is 1. The number of hydrogen-bond acceptors (Lipinski definition) is 3. The molecule has 1 spiro atoms. The van der Waals surface area contributed by atoms with Crippen LogP contribution >= 0.6 is 0 Å². The number of likely N-dealkylation sites (tertiary alicyclic amines) is 1. The number of aliphatic imine (C=N–C) groups is 1. The fraction of sp³-hybridized carbons (Fsp3) is 0.579. The van der Waals surface area contributed by atoms with E-state index in [1.54, 1.807) is 4.90 Å². The van der Waals surface area contributed by atoms with Gasteiger partial charge in [0.15, 0.2) is 0 Å². The van der Waals surface area contributed by atoms with E-state index >= 15 is 0 Å². The van der Waals surface area contributed by atoms with Crippen molar-refractivity contribution in [2.45, 2.75) is 38.3 Å². The van der Waals surface area contributed by atoms with E-state index in [0.29, 0.717) is 11.8 Å². The second-order valence-electron chi connectivity index (χ2n) is 7.40. The zero-order chi connectivity index (χ0) is 16.9. The summed E-state index contributed by atoms with van der Waals surface area (Å²) in [7, 11) is 1.86. The van der Waals surface area contributed by atoms with E-state index in [2.05, 4.69) is 11.8 Å². The van der Waals surface area contributed by atoms with Crippen LogP contribution in [0.1, 0.15) is 31.7 Å². The van der Waals surface area contributed by atoms with Gasteiger partial charge in [-0.15, -0.1) is 0 Å². The molecule has 0 unspecified atom stereocenters. The maximum Gasteiger partial charge on any atom is 0.255 e. The van der Waals surface area contributed by atoms with E-state index in [4.69, 9.17) is 4.99 Å². The summed E-state index contributed by atoms with van der Waals surface area (Å²) in [6.07, 6.45) is 2.77. The highest BCUT2D eigenvalue weighted by Gasteiger charge is 2.60. The van der Waals surface area contributed by atoms with Gasteiger partial charge >= 0.3 is 0 Å². The minimum Gasteiger partial charge on any atom is -0.302 e. The standard InChI is InChI=1S/C19H24FN3O/c1-3-17-21-19(18(24)22(17)2)9-8-14-11-23(12-16(14)19)10-13-4-6-15(20)7-5-13/h4-7,14,16H,3,8-12H2,1-2H3/t14-,16+,19-/m1/s1. The molecule has 1 aromatic rings. The van der Waals surface area contributed by atoms with Crippen LogP contribution in [0.15, 0.2) is 29.3 Å². The van der Waals surface area contributed by atoms with Crippen LogP contribution in [0.25, 0.3) is 0 Å². The minimum atomic E-state index is -0.512. The van der Waals surface area contributed by atoms with Gasteiger partial charge in [-0.1, -0.05) is 19.1 Å². The molecule has 2 aliphatic heterocycles. The van der Waals surface area contributed by atoms with Crippen molar-refractivity contribution in [3.05, 3.63) is 35.6 Å². The second kappa shape index (κ2) is 5.66. The summed E-state index contributed by atoms with van der Waals surface area (Å²) in [6, 6.07) is 6.73. The summed E-state index contributed by atoms with van der Waals surface area (Å²) in [4.78, 5) is 22.0. The van der Waals surface area contributed by atoms with Crippen LogP contribution < -0.4 is 0 Å². The average Bonchev–Trinajstić information content (AvgIpc) is 3.20. The Morgan fingerprint density at radius 2 is 2.04 bits per heavy atom. The van der Waals surface area contributed by atoms with Crippen LogP contribution in [0.2, 0.25) is 0 Å². The number of rotatable bonds is 3. The summed E-state index contributed by atoms with van der Waals surface area (Å²) >= 11 is 0. The van der Waals surface area contributed by atoms with Gasteiger partial charge in [0.05, 0.1) is 0 Å². The Hall–Kier alpha value is -1.75. The molecule has 3 aliphatic rings. The lowest BCUT2D eigenvalue weighted by molar-refractivity contribution is -0.131. The first-order valence-electron chi connectivity index (χ1n) is 8.87. The molecule has 3 atom stereocenters. The Bertz CT molecular complexity index is 686. The summed E-state index contributed by atoms with van der Waals surface area (Å²) in [5, 5.41) is 0. The number of carbonyl (C=O) groups is 1. The van der Waals surface area contributed by atoms with E-state index in [1.807, 2.05) is 19.2 Å². The molecule has 24 heavy (non-hydrogen) atoms. The summed E-state index contributed by atoms with van der Waals surface area (Å²) in [5.74, 6) is 1.78. The van der Waals surface area contributed by atoms with E-state index < -0.39 is 5.54 Å². The van der Waals surface area contributed by atoms with Gasteiger partial charge in [0.2, 0.25) is 0 Å². The van der Waals surface area contributed by atoms with Crippen LogP contribution in [-0.2, 0) is 11.3 Å². The molecule has 1 aliphatic carbocycles. The lowest BCUT2D eigenvalue weighted by Gasteiger charge is -2.27. The Morgan fingerprint density at radius 3 is 2.71 bits per heavy atom. The van der Waals surface area contributed by atoms with Crippen LogP contribution in [0.3, 0.4) is 0 Å². The van der Waals surface area contributed by atoms with Crippen LogP contribution in [0.4, 0.5) is 4.39 Å². The van der Waals surface area contributed by atoms with Gasteiger partial charge in [-0.2, -0.15) is 0 Å². The van der Waals surface area contributed by atoms with Crippen LogP contribution in [0.5, 0.6) is 0 Å². The Balaban J connectivity index is 1.52. The molecule has 2 heterocycles. The van der Waals surface area contributed by atoms with Crippen molar-refractivity contribution in [1.82, 2.24) is 9.80 Å². The fourth-order valence-corrected chi connectivity index (χ4v) is 4.84. The van der Waals surface area contributed by atoms with Crippen molar-refractivity contribution in [1.29, 1.82) is 0 Å². The first-order valence-corrected chi connectivity index (χ1v) is 8.87. The SMILES string of the molecule is CCC1=N[C@@]2(CC[C@@H]3CN(Cc4ccc(F)cc4)C[C@@H]32)C(=O)N1C. The monoisotopic (exact) mass is 329 g/mol. The van der Waals surface area contributed by atoms with Gasteiger partial charge in [0, 0.05) is 39.0 Å². The van der Waals surface area contributed by atoms with Gasteiger partial charge in [-0.3, -0.25) is 14.7 Å². The van der Waals surface area contributed by atoms with Crippen molar-refractivity contribution >= 4 is 11.7 Å². The molecule has 0 aromatic heterocycles. The predicted molar refractivity (Wildman–Crippen MR) is 91.1 cm³/mol. The molecule has 2 fully saturated rings. The normalized spacial score (nSPS) is 32.7. The fourth-order valence-electron chi connectivity index (χ4n) is 4.84. The van der Waals surface area contributed by atoms with Gasteiger partial charge in [-0.25, -0.2) is 4.39 Å². The van der Waals surface area contributed by atoms with Gasteiger partial charge in [-0.05, 0) is 36.5 Å². The summed E-state index contributed by atoms with van der Waals surface area (Å²) in [6.45, 7) is 4.79.